The Morgan fingerprint density at radius 3 is 2.11 bits per heavy atom. The van der Waals surface area contributed by atoms with Crippen molar-refractivity contribution in [3.8, 4) is 11.5 Å². The summed E-state index contributed by atoms with van der Waals surface area (Å²) in [7, 11) is 3.12. The SMILES string of the molecule is CC.COc1cc(OC)c(Cl)c(Cc2ccc(C(C)=N)c(NPI)c2)c1Cl. The van der Waals surface area contributed by atoms with Crippen LogP contribution in [0.4, 0.5) is 5.69 Å². The van der Waals surface area contributed by atoms with Gasteiger partial charge in [0.05, 0.1) is 24.3 Å². The van der Waals surface area contributed by atoms with Crippen molar-refractivity contribution in [3.63, 3.8) is 0 Å². The molecule has 8 heteroatoms. The van der Waals surface area contributed by atoms with E-state index in [9.17, 15) is 0 Å². The molecule has 0 aliphatic rings. The Hall–Kier alpha value is -0.750. The molecule has 0 amide bonds. The van der Waals surface area contributed by atoms with Gasteiger partial charge in [0.2, 0.25) is 0 Å². The van der Waals surface area contributed by atoms with Crippen molar-refractivity contribution in [3.05, 3.63) is 51.0 Å². The molecule has 2 aromatic carbocycles. The third kappa shape index (κ3) is 6.11. The summed E-state index contributed by atoms with van der Waals surface area (Å²) in [5.41, 5.74) is 4.11. The molecule has 0 aliphatic carbocycles. The predicted octanol–water partition coefficient (Wildman–Crippen LogP) is 7.37. The first-order valence-electron chi connectivity index (χ1n) is 8.31. The van der Waals surface area contributed by atoms with E-state index in [1.165, 1.54) is 0 Å². The van der Waals surface area contributed by atoms with Gasteiger partial charge in [0.25, 0.3) is 0 Å². The van der Waals surface area contributed by atoms with Crippen molar-refractivity contribution < 1.29 is 9.47 Å². The molecule has 0 radical (unpaired) electrons. The summed E-state index contributed by atoms with van der Waals surface area (Å²) >= 11 is 15.2. The van der Waals surface area contributed by atoms with Gasteiger partial charge in [-0.25, -0.2) is 0 Å². The molecule has 4 nitrogen and oxygen atoms in total. The van der Waals surface area contributed by atoms with Gasteiger partial charge >= 0.3 is 0 Å². The minimum absolute atomic E-state index is 0.478. The lowest BCUT2D eigenvalue weighted by Crippen LogP contribution is -2.01. The molecule has 27 heavy (non-hydrogen) atoms. The summed E-state index contributed by atoms with van der Waals surface area (Å²) in [5.74, 6) is 1.05. The van der Waals surface area contributed by atoms with Crippen LogP contribution in [0.25, 0.3) is 0 Å². The molecule has 0 fully saturated rings. The van der Waals surface area contributed by atoms with Gasteiger partial charge in [0.1, 0.15) is 11.5 Å². The zero-order valence-electron chi connectivity index (χ0n) is 16.0. The summed E-state index contributed by atoms with van der Waals surface area (Å²) in [6, 6.07) is 7.63. The summed E-state index contributed by atoms with van der Waals surface area (Å²) in [6.45, 7) is 5.77. The Morgan fingerprint density at radius 2 is 1.67 bits per heavy atom. The highest BCUT2D eigenvalue weighted by Gasteiger charge is 2.18. The maximum absolute atomic E-state index is 7.91. The molecule has 0 bridgehead atoms. The van der Waals surface area contributed by atoms with Crippen LogP contribution in [-0.2, 0) is 6.42 Å². The first-order valence-corrected chi connectivity index (χ1v) is 13.2. The van der Waals surface area contributed by atoms with E-state index >= 15 is 0 Å². The molecule has 0 spiro atoms. The molecule has 0 saturated heterocycles. The van der Waals surface area contributed by atoms with Crippen LogP contribution in [0.1, 0.15) is 37.5 Å². The number of rotatable bonds is 7. The second kappa shape index (κ2) is 11.9. The standard InChI is InChI=1S/C17H18Cl2IN2O2P.C2H6/c1-9(21)11-5-4-10(7-13(11)22-25-20)6-12-16(18)14(23-2)8-15(24-3)17(12)19;1-2/h4-5,7-8,21-22,25H,6H2,1-3H3;1-2H3. The summed E-state index contributed by atoms with van der Waals surface area (Å²) < 4.78 is 10.6. The van der Waals surface area contributed by atoms with E-state index in [2.05, 4.69) is 27.1 Å². The zero-order valence-corrected chi connectivity index (χ0v) is 20.6. The van der Waals surface area contributed by atoms with Crippen LogP contribution < -0.4 is 14.6 Å². The molecule has 148 valence electrons. The van der Waals surface area contributed by atoms with Gasteiger partial charge < -0.3 is 20.0 Å². The largest absolute Gasteiger partial charge is 0.495 e. The number of methoxy groups -OCH3 is 2. The van der Waals surface area contributed by atoms with Crippen molar-refractivity contribution in [1.82, 2.24) is 0 Å². The van der Waals surface area contributed by atoms with Gasteiger partial charge in [-0.2, -0.15) is 0 Å². The number of benzene rings is 2. The third-order valence-electron chi connectivity index (χ3n) is 3.72. The van der Waals surface area contributed by atoms with Crippen LogP contribution in [0.5, 0.6) is 11.5 Å². The van der Waals surface area contributed by atoms with Crippen LogP contribution in [0.2, 0.25) is 10.0 Å². The highest BCUT2D eigenvalue weighted by Crippen LogP contribution is 2.41. The van der Waals surface area contributed by atoms with Gasteiger partial charge in [0.15, 0.2) is 0 Å². The van der Waals surface area contributed by atoms with Crippen molar-refractivity contribution in [2.24, 2.45) is 0 Å². The molecule has 0 aromatic heterocycles. The number of nitrogens with one attached hydrogen (secondary N) is 2. The molecule has 1 atom stereocenters. The first kappa shape index (κ1) is 24.3. The Labute approximate surface area is 186 Å². The van der Waals surface area contributed by atoms with Gasteiger partial charge in [-0.05, 0) is 40.6 Å². The monoisotopic (exact) mass is 540 g/mol. The van der Waals surface area contributed by atoms with E-state index in [0.717, 1.165) is 22.4 Å². The molecule has 2 aromatic rings. The smallest absolute Gasteiger partial charge is 0.141 e. The normalized spacial score (nSPS) is 10.4. The fourth-order valence-corrected chi connectivity index (χ4v) is 4.29. The van der Waals surface area contributed by atoms with Crippen molar-refractivity contribution in [1.29, 1.82) is 5.41 Å². The average Bonchev–Trinajstić information content (AvgIpc) is 2.67. The Bertz CT molecular complexity index is 776. The van der Waals surface area contributed by atoms with Crippen molar-refractivity contribution >= 4 is 63.0 Å². The fraction of sp³-hybridized carbons (Fsp3) is 0.316. The van der Waals surface area contributed by atoms with Crippen LogP contribution in [-0.4, -0.2) is 19.9 Å². The number of ether oxygens (including phenoxy) is 2. The number of hydrogen-bond donors (Lipinski definition) is 2. The van der Waals surface area contributed by atoms with Gasteiger partial charge in [-0.15, -0.1) is 0 Å². The third-order valence-corrected chi connectivity index (χ3v) is 5.72. The average molecular weight is 541 g/mol. The quantitative estimate of drug-likeness (QED) is 0.219. The Balaban J connectivity index is 0.00000176. The van der Waals surface area contributed by atoms with E-state index < -0.39 is 0 Å². The van der Waals surface area contributed by atoms with Crippen molar-refractivity contribution in [2.45, 2.75) is 27.2 Å². The second-order valence-corrected chi connectivity index (χ2v) is 8.10. The summed E-state index contributed by atoms with van der Waals surface area (Å²) in [6.07, 6.45) is 1.04. The number of hydrogen-bond acceptors (Lipinski definition) is 4. The summed E-state index contributed by atoms with van der Waals surface area (Å²) in [4.78, 5) is 0. The van der Waals surface area contributed by atoms with E-state index in [0.29, 0.717) is 40.1 Å². The maximum Gasteiger partial charge on any atom is 0.141 e. The number of halogens is 3. The molecule has 0 aliphatic heterocycles. The van der Waals surface area contributed by atoms with Gasteiger partial charge in [0, 0.05) is 41.4 Å². The van der Waals surface area contributed by atoms with Gasteiger partial charge in [-0.1, -0.05) is 49.2 Å². The van der Waals surface area contributed by atoms with E-state index in [4.69, 9.17) is 38.1 Å². The molecular weight excluding hydrogens is 517 g/mol. The van der Waals surface area contributed by atoms with Crippen LogP contribution >= 0.6 is 51.6 Å². The van der Waals surface area contributed by atoms with Crippen LogP contribution in [0, 0.1) is 5.41 Å². The Morgan fingerprint density at radius 1 is 1.11 bits per heavy atom. The lowest BCUT2D eigenvalue weighted by atomic mass is 10.00. The fourth-order valence-electron chi connectivity index (χ4n) is 2.48. The topological polar surface area (TPSA) is 54.3 Å². The number of anilines is 1. The van der Waals surface area contributed by atoms with Crippen LogP contribution in [0.3, 0.4) is 0 Å². The summed E-state index contributed by atoms with van der Waals surface area (Å²) in [5, 5.41) is 12.2. The predicted molar refractivity (Wildman–Crippen MR) is 129 cm³/mol. The minimum atomic E-state index is 0.478. The lowest BCUT2D eigenvalue weighted by molar-refractivity contribution is 0.394. The second-order valence-electron chi connectivity index (χ2n) is 5.29. The molecule has 0 saturated carbocycles. The maximum atomic E-state index is 7.91. The first-order chi connectivity index (χ1) is 12.9. The molecular formula is C19H24Cl2IN2O2P. The molecule has 0 heterocycles. The lowest BCUT2D eigenvalue weighted by Gasteiger charge is -2.16. The van der Waals surface area contributed by atoms with Crippen molar-refractivity contribution in [2.75, 3.05) is 19.3 Å². The van der Waals surface area contributed by atoms with Crippen LogP contribution in [0.15, 0.2) is 24.3 Å². The molecule has 2 N–H and O–H groups in total. The molecule has 1 unspecified atom stereocenters. The Kier molecular flexibility index (Phi) is 10.7. The highest BCUT2D eigenvalue weighted by atomic mass is 127. The highest BCUT2D eigenvalue weighted by molar-refractivity contribution is 14.2. The zero-order chi connectivity index (χ0) is 20.6. The molecule has 2 rings (SSSR count). The van der Waals surface area contributed by atoms with E-state index in [1.807, 2.05) is 32.0 Å². The van der Waals surface area contributed by atoms with Gasteiger partial charge in [-0.3, -0.25) is 0 Å². The van der Waals surface area contributed by atoms with E-state index in [-0.39, 0.29) is 0 Å². The van der Waals surface area contributed by atoms with E-state index in [1.54, 1.807) is 27.2 Å². The minimum Gasteiger partial charge on any atom is -0.495 e.